The molecule has 2 aromatic rings. The summed E-state index contributed by atoms with van der Waals surface area (Å²) in [5, 5.41) is 3.44. The van der Waals surface area contributed by atoms with Crippen molar-refractivity contribution >= 4 is 27.7 Å². The van der Waals surface area contributed by atoms with E-state index in [-0.39, 0.29) is 0 Å². The molecule has 3 heteroatoms. The van der Waals surface area contributed by atoms with Crippen molar-refractivity contribution in [2.75, 3.05) is 6.54 Å². The lowest BCUT2D eigenvalue weighted by atomic mass is 10.1. The highest BCUT2D eigenvalue weighted by molar-refractivity contribution is 9.10. The zero-order valence-electron chi connectivity index (χ0n) is 12.1. The van der Waals surface area contributed by atoms with Crippen LogP contribution < -0.4 is 5.32 Å². The van der Waals surface area contributed by atoms with Gasteiger partial charge in [0.05, 0.1) is 0 Å². The molecule has 0 heterocycles. The fourth-order valence-corrected chi connectivity index (χ4v) is 3.95. The van der Waals surface area contributed by atoms with Gasteiger partial charge in [0.2, 0.25) is 0 Å². The van der Waals surface area contributed by atoms with Crippen LogP contribution >= 0.6 is 27.7 Å². The summed E-state index contributed by atoms with van der Waals surface area (Å²) in [7, 11) is 0. The molecule has 0 aliphatic carbocycles. The van der Waals surface area contributed by atoms with Gasteiger partial charge in [-0.1, -0.05) is 58.9 Å². The SMILES string of the molecule is CCNC(C)c1ccc(Sc2ccccc2C)cc1Br. The molecule has 1 atom stereocenters. The van der Waals surface area contributed by atoms with E-state index < -0.39 is 0 Å². The number of rotatable bonds is 5. The summed E-state index contributed by atoms with van der Waals surface area (Å²) in [6.45, 7) is 7.46. The topological polar surface area (TPSA) is 12.0 Å². The van der Waals surface area contributed by atoms with Gasteiger partial charge in [0.15, 0.2) is 0 Å². The Kier molecular flexibility index (Phi) is 5.70. The van der Waals surface area contributed by atoms with Crippen LogP contribution in [0.1, 0.15) is 31.0 Å². The van der Waals surface area contributed by atoms with Crippen LogP contribution in [-0.4, -0.2) is 6.54 Å². The highest BCUT2D eigenvalue weighted by atomic mass is 79.9. The van der Waals surface area contributed by atoms with Crippen molar-refractivity contribution in [1.29, 1.82) is 0 Å². The third-order valence-electron chi connectivity index (χ3n) is 3.27. The summed E-state index contributed by atoms with van der Waals surface area (Å²) in [6.07, 6.45) is 0. The lowest BCUT2D eigenvalue weighted by Crippen LogP contribution is -2.17. The Morgan fingerprint density at radius 2 is 1.95 bits per heavy atom. The second kappa shape index (κ2) is 7.30. The van der Waals surface area contributed by atoms with Crippen molar-refractivity contribution in [2.45, 2.75) is 36.6 Å². The van der Waals surface area contributed by atoms with Gasteiger partial charge in [-0.15, -0.1) is 0 Å². The van der Waals surface area contributed by atoms with Crippen LogP contribution in [-0.2, 0) is 0 Å². The highest BCUT2D eigenvalue weighted by Gasteiger charge is 2.09. The van der Waals surface area contributed by atoms with E-state index in [0.29, 0.717) is 6.04 Å². The smallest absolute Gasteiger partial charge is 0.0302 e. The maximum atomic E-state index is 3.70. The normalized spacial score (nSPS) is 12.4. The van der Waals surface area contributed by atoms with Gasteiger partial charge in [0.1, 0.15) is 0 Å². The molecule has 0 aliphatic rings. The van der Waals surface area contributed by atoms with Gasteiger partial charge in [-0.2, -0.15) is 0 Å². The number of aryl methyl sites for hydroxylation is 1. The molecule has 1 N–H and O–H groups in total. The number of halogens is 1. The average Bonchev–Trinajstić information content (AvgIpc) is 2.42. The first-order valence-corrected chi connectivity index (χ1v) is 8.49. The molecule has 0 aliphatic heterocycles. The van der Waals surface area contributed by atoms with Crippen molar-refractivity contribution in [1.82, 2.24) is 5.32 Å². The van der Waals surface area contributed by atoms with Gasteiger partial charge >= 0.3 is 0 Å². The van der Waals surface area contributed by atoms with Gasteiger partial charge in [-0.3, -0.25) is 0 Å². The number of hydrogen-bond acceptors (Lipinski definition) is 2. The van der Waals surface area contributed by atoms with E-state index >= 15 is 0 Å². The highest BCUT2D eigenvalue weighted by Crippen LogP contribution is 2.34. The molecule has 20 heavy (non-hydrogen) atoms. The number of hydrogen-bond donors (Lipinski definition) is 1. The Bertz CT molecular complexity index is 583. The van der Waals surface area contributed by atoms with Gasteiger partial charge in [0.25, 0.3) is 0 Å². The summed E-state index contributed by atoms with van der Waals surface area (Å²) < 4.78 is 1.17. The predicted molar refractivity (Wildman–Crippen MR) is 91.5 cm³/mol. The molecule has 0 radical (unpaired) electrons. The van der Waals surface area contributed by atoms with Crippen molar-refractivity contribution in [3.63, 3.8) is 0 Å². The average molecular weight is 350 g/mol. The van der Waals surface area contributed by atoms with Gasteiger partial charge in [-0.05, 0) is 49.7 Å². The zero-order chi connectivity index (χ0) is 14.5. The Balaban J connectivity index is 2.19. The molecule has 1 unspecified atom stereocenters. The molecule has 106 valence electrons. The molecule has 1 nitrogen and oxygen atoms in total. The van der Waals surface area contributed by atoms with E-state index in [0.717, 1.165) is 6.54 Å². The maximum absolute atomic E-state index is 3.70. The quantitative estimate of drug-likeness (QED) is 0.756. The maximum Gasteiger partial charge on any atom is 0.0302 e. The minimum atomic E-state index is 0.367. The van der Waals surface area contributed by atoms with Crippen molar-refractivity contribution in [3.05, 3.63) is 58.1 Å². The summed E-state index contributed by atoms with van der Waals surface area (Å²) >= 11 is 5.51. The Hall–Kier alpha value is -0.770. The first-order chi connectivity index (χ1) is 9.61. The first-order valence-electron chi connectivity index (χ1n) is 6.88. The molecule has 0 fully saturated rings. The standard InChI is InChI=1S/C17H20BrNS/c1-4-19-13(3)15-10-9-14(11-16(15)18)20-17-8-6-5-7-12(17)2/h5-11,13,19H,4H2,1-3H3. The van der Waals surface area contributed by atoms with Crippen molar-refractivity contribution in [3.8, 4) is 0 Å². The molecule has 0 spiro atoms. The van der Waals surface area contributed by atoms with Gasteiger partial charge in [-0.25, -0.2) is 0 Å². The predicted octanol–water partition coefficient (Wildman–Crippen LogP) is 5.58. The van der Waals surface area contributed by atoms with Crippen molar-refractivity contribution in [2.24, 2.45) is 0 Å². The zero-order valence-corrected chi connectivity index (χ0v) is 14.5. The first kappa shape index (κ1) is 15.6. The second-order valence-electron chi connectivity index (χ2n) is 4.83. The third-order valence-corrected chi connectivity index (χ3v) is 5.12. The van der Waals surface area contributed by atoms with E-state index in [2.05, 4.69) is 84.5 Å². The molecular formula is C17H20BrNS. The van der Waals surface area contributed by atoms with Crippen molar-refractivity contribution < 1.29 is 0 Å². The molecule has 0 aromatic heterocycles. The minimum Gasteiger partial charge on any atom is -0.310 e. The summed E-state index contributed by atoms with van der Waals surface area (Å²) in [5.41, 5.74) is 2.62. The molecule has 2 rings (SSSR count). The van der Waals surface area contributed by atoms with Crippen LogP contribution in [0.5, 0.6) is 0 Å². The largest absolute Gasteiger partial charge is 0.310 e. The summed E-state index contributed by atoms with van der Waals surface area (Å²) in [5.74, 6) is 0. The Morgan fingerprint density at radius 1 is 1.20 bits per heavy atom. The van der Waals surface area contributed by atoms with Crippen LogP contribution in [0.4, 0.5) is 0 Å². The van der Waals surface area contributed by atoms with Gasteiger partial charge in [0, 0.05) is 20.3 Å². The Morgan fingerprint density at radius 3 is 2.60 bits per heavy atom. The van der Waals surface area contributed by atoms with Crippen LogP contribution in [0.2, 0.25) is 0 Å². The summed E-state index contributed by atoms with van der Waals surface area (Å²) in [4.78, 5) is 2.57. The van der Waals surface area contributed by atoms with E-state index in [1.165, 1.54) is 25.4 Å². The third kappa shape index (κ3) is 3.87. The van der Waals surface area contributed by atoms with E-state index in [9.17, 15) is 0 Å². The van der Waals surface area contributed by atoms with E-state index in [1.807, 2.05) is 11.8 Å². The monoisotopic (exact) mass is 349 g/mol. The Labute approximate surface area is 134 Å². The molecular weight excluding hydrogens is 330 g/mol. The van der Waals surface area contributed by atoms with E-state index in [1.54, 1.807) is 0 Å². The molecule has 2 aromatic carbocycles. The number of nitrogens with one attached hydrogen (secondary N) is 1. The van der Waals surface area contributed by atoms with Crippen LogP contribution in [0.25, 0.3) is 0 Å². The molecule has 0 amide bonds. The van der Waals surface area contributed by atoms with Gasteiger partial charge < -0.3 is 5.32 Å². The summed E-state index contributed by atoms with van der Waals surface area (Å²) in [6, 6.07) is 15.5. The van der Waals surface area contributed by atoms with Crippen LogP contribution in [0.15, 0.2) is 56.7 Å². The number of benzene rings is 2. The molecule has 0 saturated heterocycles. The fourth-order valence-electron chi connectivity index (χ4n) is 2.14. The molecule has 0 saturated carbocycles. The second-order valence-corrected chi connectivity index (χ2v) is 6.80. The lowest BCUT2D eigenvalue weighted by Gasteiger charge is -2.15. The minimum absolute atomic E-state index is 0.367. The van der Waals surface area contributed by atoms with Crippen LogP contribution in [0.3, 0.4) is 0 Å². The fraction of sp³-hybridized carbons (Fsp3) is 0.294. The molecule has 0 bridgehead atoms. The van der Waals surface area contributed by atoms with Crippen LogP contribution in [0, 0.1) is 6.92 Å². The lowest BCUT2D eigenvalue weighted by molar-refractivity contribution is 0.595. The van der Waals surface area contributed by atoms with E-state index in [4.69, 9.17) is 0 Å².